The third-order valence-electron chi connectivity index (χ3n) is 11.6. The molecular weight excluding hydrogens is 673 g/mol. The zero-order chi connectivity index (χ0) is 36.0. The lowest BCUT2D eigenvalue weighted by Gasteiger charge is -2.26. The number of nitrogens with one attached hydrogen (secondary N) is 1. The number of amidine groups is 1. The second-order valence-electron chi connectivity index (χ2n) is 14.6. The molecular formula is C51H32N2O2. The van der Waals surface area contributed by atoms with Gasteiger partial charge in [0.15, 0.2) is 0 Å². The van der Waals surface area contributed by atoms with Crippen LogP contribution in [0.1, 0.15) is 45.3 Å². The van der Waals surface area contributed by atoms with Crippen molar-refractivity contribution in [3.63, 3.8) is 0 Å². The second-order valence-corrected chi connectivity index (χ2v) is 14.6. The lowest BCUT2D eigenvalue weighted by Crippen LogP contribution is -2.22. The van der Waals surface area contributed by atoms with Crippen molar-refractivity contribution >= 4 is 55.4 Å². The highest BCUT2D eigenvalue weighted by Gasteiger charge is 2.33. The van der Waals surface area contributed by atoms with Crippen molar-refractivity contribution in [3.8, 4) is 22.3 Å². The molecule has 55 heavy (non-hydrogen) atoms. The SMILES string of the molecule is c1ccc(C2=NC(c3cccc4oc5c(C6c7ccccc7-c7cc(-c8ccc9oc%10ccccc%10c9c8)ccc76)cccc5c34)c3ccccc3N2)cc1. The number of benzene rings is 8. The van der Waals surface area contributed by atoms with E-state index in [2.05, 4.69) is 163 Å². The Morgan fingerprint density at radius 2 is 1.09 bits per heavy atom. The molecule has 0 fully saturated rings. The van der Waals surface area contributed by atoms with Gasteiger partial charge in [-0.3, -0.25) is 4.99 Å². The van der Waals surface area contributed by atoms with Crippen molar-refractivity contribution in [3.05, 3.63) is 209 Å². The summed E-state index contributed by atoms with van der Waals surface area (Å²) in [6.45, 7) is 0. The average Bonchev–Trinajstić information content (AvgIpc) is 3.93. The van der Waals surface area contributed by atoms with Crippen molar-refractivity contribution < 1.29 is 8.83 Å². The van der Waals surface area contributed by atoms with Crippen LogP contribution in [-0.2, 0) is 0 Å². The van der Waals surface area contributed by atoms with Gasteiger partial charge < -0.3 is 14.2 Å². The van der Waals surface area contributed by atoms with Gasteiger partial charge in [0.2, 0.25) is 0 Å². The van der Waals surface area contributed by atoms with E-state index in [4.69, 9.17) is 13.8 Å². The van der Waals surface area contributed by atoms with Crippen LogP contribution < -0.4 is 5.32 Å². The summed E-state index contributed by atoms with van der Waals surface area (Å²) in [4.78, 5) is 5.38. The molecule has 0 radical (unpaired) electrons. The van der Waals surface area contributed by atoms with Gasteiger partial charge in [-0.15, -0.1) is 0 Å². The Labute approximate surface area is 317 Å². The standard InChI is InChI=1S/C51H32N2O2/c1-2-12-30(13-3-1)51-52-43-21-8-6-17-37(43)49(53-51)38-18-11-23-46-48(38)40-20-10-19-39(50(40)55-46)47-35-16-5-4-14-33(35)41-28-31(24-26-36(41)47)32-25-27-45-42(29-32)34-15-7-9-22-44(34)54-45/h1-29,47,49H,(H,52,53). The van der Waals surface area contributed by atoms with Crippen LogP contribution in [0.25, 0.3) is 66.1 Å². The third kappa shape index (κ3) is 4.55. The van der Waals surface area contributed by atoms with Gasteiger partial charge in [0.05, 0.1) is 0 Å². The molecule has 2 aliphatic rings. The predicted octanol–water partition coefficient (Wildman–Crippen LogP) is 13.3. The number of para-hydroxylation sites is 3. The summed E-state index contributed by atoms with van der Waals surface area (Å²) in [5.41, 5.74) is 16.7. The van der Waals surface area contributed by atoms with Gasteiger partial charge in [-0.05, 0) is 75.3 Å². The molecule has 2 unspecified atom stereocenters. The summed E-state index contributed by atoms with van der Waals surface area (Å²) < 4.78 is 13.1. The maximum atomic E-state index is 6.95. The zero-order valence-electron chi connectivity index (χ0n) is 29.7. The van der Waals surface area contributed by atoms with Gasteiger partial charge in [0, 0.05) is 49.8 Å². The van der Waals surface area contributed by atoms with E-state index in [0.29, 0.717) is 0 Å². The Hall–Kier alpha value is -7.17. The predicted molar refractivity (Wildman–Crippen MR) is 224 cm³/mol. The van der Waals surface area contributed by atoms with Crippen molar-refractivity contribution in [2.75, 3.05) is 5.32 Å². The van der Waals surface area contributed by atoms with Crippen LogP contribution in [0.15, 0.2) is 190 Å². The Morgan fingerprint density at radius 1 is 0.418 bits per heavy atom. The normalized spacial score (nSPS) is 15.9. The molecule has 2 atom stereocenters. The Morgan fingerprint density at radius 3 is 2.04 bits per heavy atom. The fourth-order valence-corrected chi connectivity index (χ4v) is 9.16. The van der Waals surface area contributed by atoms with Gasteiger partial charge in [-0.1, -0.05) is 140 Å². The van der Waals surface area contributed by atoms with Crippen LogP contribution in [0.5, 0.6) is 0 Å². The number of hydrogen-bond acceptors (Lipinski definition) is 4. The van der Waals surface area contributed by atoms with Gasteiger partial charge in [-0.2, -0.15) is 0 Å². The molecule has 0 saturated heterocycles. The van der Waals surface area contributed by atoms with E-state index >= 15 is 0 Å². The van der Waals surface area contributed by atoms with Crippen LogP contribution in [0.4, 0.5) is 5.69 Å². The van der Waals surface area contributed by atoms with Crippen LogP contribution in [0.2, 0.25) is 0 Å². The van der Waals surface area contributed by atoms with Crippen molar-refractivity contribution in [2.45, 2.75) is 12.0 Å². The van der Waals surface area contributed by atoms with Crippen LogP contribution in [-0.4, -0.2) is 5.84 Å². The molecule has 12 rings (SSSR count). The maximum absolute atomic E-state index is 6.95. The van der Waals surface area contributed by atoms with E-state index in [1.807, 2.05) is 18.2 Å². The largest absolute Gasteiger partial charge is 0.456 e. The van der Waals surface area contributed by atoms with Crippen molar-refractivity contribution in [1.82, 2.24) is 0 Å². The monoisotopic (exact) mass is 704 g/mol. The summed E-state index contributed by atoms with van der Waals surface area (Å²) in [5.74, 6) is 0.891. The minimum atomic E-state index is -0.202. The molecule has 1 N–H and O–H groups in total. The number of fused-ring (bicyclic) bond motifs is 10. The smallest absolute Gasteiger partial charge is 0.139 e. The van der Waals surface area contributed by atoms with E-state index < -0.39 is 0 Å². The molecule has 2 aromatic heterocycles. The maximum Gasteiger partial charge on any atom is 0.139 e. The highest BCUT2D eigenvalue weighted by atomic mass is 16.3. The number of anilines is 1. The first-order valence-corrected chi connectivity index (χ1v) is 18.8. The number of hydrogen-bond donors (Lipinski definition) is 1. The van der Waals surface area contributed by atoms with E-state index in [1.165, 1.54) is 38.9 Å². The molecule has 8 aromatic carbocycles. The van der Waals surface area contributed by atoms with Gasteiger partial charge in [0.25, 0.3) is 0 Å². The summed E-state index contributed by atoms with van der Waals surface area (Å²) in [7, 11) is 0. The molecule has 4 heteroatoms. The molecule has 258 valence electrons. The van der Waals surface area contributed by atoms with Gasteiger partial charge in [0.1, 0.15) is 34.2 Å². The Balaban J connectivity index is 1.01. The van der Waals surface area contributed by atoms with Gasteiger partial charge in [-0.25, -0.2) is 0 Å². The van der Waals surface area contributed by atoms with E-state index in [-0.39, 0.29) is 12.0 Å². The molecule has 0 amide bonds. The Kier molecular flexibility index (Phi) is 6.43. The first-order valence-electron chi connectivity index (χ1n) is 18.8. The second kappa shape index (κ2) is 11.7. The third-order valence-corrected chi connectivity index (χ3v) is 11.6. The summed E-state index contributed by atoms with van der Waals surface area (Å²) in [5, 5.41) is 8.11. The van der Waals surface area contributed by atoms with E-state index in [0.717, 1.165) is 72.1 Å². The first kappa shape index (κ1) is 30.3. The number of furan rings is 2. The topological polar surface area (TPSA) is 50.7 Å². The lowest BCUT2D eigenvalue weighted by atomic mass is 9.87. The highest BCUT2D eigenvalue weighted by Crippen LogP contribution is 2.52. The van der Waals surface area contributed by atoms with Crippen LogP contribution >= 0.6 is 0 Å². The van der Waals surface area contributed by atoms with Crippen LogP contribution in [0, 0.1) is 0 Å². The highest BCUT2D eigenvalue weighted by molar-refractivity contribution is 6.12. The molecule has 0 saturated carbocycles. The zero-order valence-corrected chi connectivity index (χ0v) is 29.7. The van der Waals surface area contributed by atoms with Crippen molar-refractivity contribution in [2.24, 2.45) is 4.99 Å². The van der Waals surface area contributed by atoms with E-state index in [9.17, 15) is 0 Å². The minimum Gasteiger partial charge on any atom is -0.456 e. The lowest BCUT2D eigenvalue weighted by molar-refractivity contribution is 0.661. The molecule has 1 aliphatic heterocycles. The first-order chi connectivity index (χ1) is 27.3. The van der Waals surface area contributed by atoms with Crippen molar-refractivity contribution in [1.29, 1.82) is 0 Å². The summed E-state index contributed by atoms with van der Waals surface area (Å²) >= 11 is 0. The van der Waals surface area contributed by atoms with Gasteiger partial charge >= 0.3 is 0 Å². The van der Waals surface area contributed by atoms with Crippen LogP contribution in [0.3, 0.4) is 0 Å². The quantitative estimate of drug-likeness (QED) is 0.198. The fourth-order valence-electron chi connectivity index (χ4n) is 9.16. The average molecular weight is 705 g/mol. The fraction of sp³-hybridized carbons (Fsp3) is 0.0392. The number of nitrogens with zero attached hydrogens (tertiary/aromatic N) is 1. The molecule has 10 aromatic rings. The molecule has 0 bridgehead atoms. The number of aliphatic imine (C=N–C) groups is 1. The van der Waals surface area contributed by atoms with E-state index in [1.54, 1.807) is 0 Å². The minimum absolute atomic E-state index is 0.0237. The molecule has 4 nitrogen and oxygen atoms in total. The molecule has 0 spiro atoms. The number of rotatable bonds is 4. The summed E-state index contributed by atoms with van der Waals surface area (Å²) in [6, 6.07) is 62.4. The molecule has 3 heterocycles. The summed E-state index contributed by atoms with van der Waals surface area (Å²) in [6.07, 6.45) is 0. The Bertz CT molecular complexity index is 3200. The molecule has 1 aliphatic carbocycles.